The van der Waals surface area contributed by atoms with Gasteiger partial charge in [0.2, 0.25) is 5.91 Å². The fourth-order valence-electron chi connectivity index (χ4n) is 4.43. The number of halogens is 2. The van der Waals surface area contributed by atoms with Gasteiger partial charge < -0.3 is 14.8 Å². The van der Waals surface area contributed by atoms with Gasteiger partial charge in [-0.1, -0.05) is 35.3 Å². The number of amides is 1. The molecule has 2 atom stereocenters. The predicted molar refractivity (Wildman–Crippen MR) is 112 cm³/mol. The summed E-state index contributed by atoms with van der Waals surface area (Å²) in [6.07, 6.45) is 4.27. The zero-order chi connectivity index (χ0) is 20.3. The van der Waals surface area contributed by atoms with Gasteiger partial charge in [-0.3, -0.25) is 9.78 Å². The summed E-state index contributed by atoms with van der Waals surface area (Å²) in [5.41, 5.74) is 1.11. The van der Waals surface area contributed by atoms with Crippen molar-refractivity contribution in [3.05, 3.63) is 63.9 Å². The molecule has 0 bridgehead atoms. The smallest absolute Gasteiger partial charge is 0.221 e. The van der Waals surface area contributed by atoms with Crippen molar-refractivity contribution < 1.29 is 14.3 Å². The van der Waals surface area contributed by atoms with Gasteiger partial charge in [0.15, 0.2) is 0 Å². The van der Waals surface area contributed by atoms with E-state index in [0.29, 0.717) is 49.3 Å². The largest absolute Gasteiger partial charge is 0.378 e. The second-order valence-corrected chi connectivity index (χ2v) is 8.86. The maximum absolute atomic E-state index is 12.9. The zero-order valence-corrected chi connectivity index (χ0v) is 17.6. The summed E-state index contributed by atoms with van der Waals surface area (Å²) in [7, 11) is 0. The standard InChI is InChI=1S/C22H24Cl2N2O3/c23-17-3-1-2-16(10-17)12-26-20(27)11-21(19-5-4-18(24)13-25-19)6-9-29-22(14-21)7-8-28-15-22/h1-5,10,13H,6-9,11-12,14-15H2,(H,26,27)/t21-,22+/m0/s1. The maximum atomic E-state index is 12.9. The summed E-state index contributed by atoms with van der Waals surface area (Å²) in [6, 6.07) is 11.3. The molecule has 0 radical (unpaired) electrons. The molecule has 2 saturated heterocycles. The van der Waals surface area contributed by atoms with Gasteiger partial charge in [0.05, 0.1) is 17.2 Å². The summed E-state index contributed by atoms with van der Waals surface area (Å²) >= 11 is 12.1. The number of hydrogen-bond donors (Lipinski definition) is 1. The summed E-state index contributed by atoms with van der Waals surface area (Å²) in [5.74, 6) is -0.0160. The molecule has 7 heteroatoms. The van der Waals surface area contributed by atoms with E-state index in [1.54, 1.807) is 6.20 Å². The van der Waals surface area contributed by atoms with Crippen molar-refractivity contribution in [3.63, 3.8) is 0 Å². The van der Waals surface area contributed by atoms with Gasteiger partial charge in [0.25, 0.3) is 0 Å². The van der Waals surface area contributed by atoms with E-state index in [9.17, 15) is 4.79 Å². The number of nitrogens with one attached hydrogen (secondary N) is 1. The van der Waals surface area contributed by atoms with Crippen LogP contribution in [0.2, 0.25) is 10.0 Å². The molecule has 4 rings (SSSR count). The molecule has 29 heavy (non-hydrogen) atoms. The van der Waals surface area contributed by atoms with Gasteiger partial charge in [0.1, 0.15) is 0 Å². The Morgan fingerprint density at radius 1 is 1.14 bits per heavy atom. The number of hydrogen-bond acceptors (Lipinski definition) is 4. The van der Waals surface area contributed by atoms with Crippen LogP contribution in [0.25, 0.3) is 0 Å². The van der Waals surface area contributed by atoms with Crippen LogP contribution in [0.3, 0.4) is 0 Å². The molecule has 1 N–H and O–H groups in total. The molecule has 0 saturated carbocycles. The van der Waals surface area contributed by atoms with Crippen molar-refractivity contribution in [2.75, 3.05) is 19.8 Å². The summed E-state index contributed by atoms with van der Waals surface area (Å²) in [4.78, 5) is 17.5. The molecular formula is C22H24Cl2N2O3. The van der Waals surface area contributed by atoms with Crippen molar-refractivity contribution in [2.45, 2.75) is 43.2 Å². The van der Waals surface area contributed by atoms with Crippen LogP contribution in [-0.2, 0) is 26.2 Å². The van der Waals surface area contributed by atoms with E-state index in [2.05, 4.69) is 10.3 Å². The van der Waals surface area contributed by atoms with Gasteiger partial charge in [-0.2, -0.15) is 0 Å². The fourth-order valence-corrected chi connectivity index (χ4v) is 4.75. The van der Waals surface area contributed by atoms with Gasteiger partial charge >= 0.3 is 0 Å². The number of nitrogens with zero attached hydrogens (tertiary/aromatic N) is 1. The van der Waals surface area contributed by atoms with Crippen LogP contribution in [0.15, 0.2) is 42.6 Å². The lowest BCUT2D eigenvalue weighted by molar-refractivity contribution is -0.130. The molecule has 1 aromatic carbocycles. The van der Waals surface area contributed by atoms with Crippen molar-refractivity contribution >= 4 is 29.1 Å². The number of rotatable bonds is 5. The van der Waals surface area contributed by atoms with Gasteiger partial charge in [-0.25, -0.2) is 0 Å². The molecule has 1 amide bonds. The number of ether oxygens (including phenoxy) is 2. The van der Waals surface area contributed by atoms with Gasteiger partial charge in [-0.15, -0.1) is 0 Å². The molecule has 1 aromatic heterocycles. The highest BCUT2D eigenvalue weighted by Gasteiger charge is 2.50. The molecule has 3 heterocycles. The maximum Gasteiger partial charge on any atom is 0.221 e. The molecule has 2 aliphatic rings. The molecule has 0 aliphatic carbocycles. The molecule has 0 unspecified atom stereocenters. The number of benzene rings is 1. The van der Waals surface area contributed by atoms with E-state index in [-0.39, 0.29) is 11.5 Å². The molecule has 1 spiro atoms. The van der Waals surface area contributed by atoms with E-state index in [1.807, 2.05) is 36.4 Å². The number of carbonyl (C=O) groups is 1. The molecular weight excluding hydrogens is 411 g/mol. The normalized spacial score (nSPS) is 26.6. The predicted octanol–water partition coefficient (Wildman–Crippen LogP) is 4.30. The number of carbonyl (C=O) groups excluding carboxylic acids is 1. The number of aromatic nitrogens is 1. The van der Waals surface area contributed by atoms with Crippen LogP contribution in [-0.4, -0.2) is 36.3 Å². The Morgan fingerprint density at radius 3 is 2.76 bits per heavy atom. The first-order valence-electron chi connectivity index (χ1n) is 9.84. The Labute approximate surface area is 180 Å². The van der Waals surface area contributed by atoms with Crippen molar-refractivity contribution in [1.29, 1.82) is 0 Å². The van der Waals surface area contributed by atoms with E-state index in [1.165, 1.54) is 0 Å². The van der Waals surface area contributed by atoms with Crippen LogP contribution < -0.4 is 5.32 Å². The highest BCUT2D eigenvalue weighted by molar-refractivity contribution is 6.30. The quantitative estimate of drug-likeness (QED) is 0.761. The van der Waals surface area contributed by atoms with Crippen molar-refractivity contribution in [3.8, 4) is 0 Å². The van der Waals surface area contributed by atoms with E-state index >= 15 is 0 Å². The average Bonchev–Trinajstić information content (AvgIpc) is 3.14. The first-order valence-corrected chi connectivity index (χ1v) is 10.6. The topological polar surface area (TPSA) is 60.5 Å². The van der Waals surface area contributed by atoms with Crippen LogP contribution in [0.1, 0.15) is 36.9 Å². The van der Waals surface area contributed by atoms with Crippen LogP contribution in [0.4, 0.5) is 0 Å². The van der Waals surface area contributed by atoms with Crippen LogP contribution in [0, 0.1) is 0 Å². The summed E-state index contributed by atoms with van der Waals surface area (Å²) < 4.78 is 11.8. The highest BCUT2D eigenvalue weighted by Crippen LogP contribution is 2.46. The van der Waals surface area contributed by atoms with E-state index in [0.717, 1.165) is 24.1 Å². The first-order chi connectivity index (χ1) is 14.0. The third kappa shape index (κ3) is 4.75. The first kappa shape index (κ1) is 20.6. The van der Waals surface area contributed by atoms with Crippen LogP contribution in [0.5, 0.6) is 0 Å². The summed E-state index contributed by atoms with van der Waals surface area (Å²) in [6.45, 7) is 2.26. The minimum absolute atomic E-state index is 0.0160. The van der Waals surface area contributed by atoms with E-state index < -0.39 is 5.41 Å². The Morgan fingerprint density at radius 2 is 2.03 bits per heavy atom. The third-order valence-corrected chi connectivity index (χ3v) is 6.32. The second-order valence-electron chi connectivity index (χ2n) is 7.99. The Kier molecular flexibility index (Phi) is 6.11. The zero-order valence-electron chi connectivity index (χ0n) is 16.1. The molecule has 154 valence electrons. The SMILES string of the molecule is O=C(C[C@@]1(c2ccc(Cl)cn2)CCO[C@]2(CCOC2)C1)NCc1cccc(Cl)c1. The molecule has 2 fully saturated rings. The van der Waals surface area contributed by atoms with E-state index in [4.69, 9.17) is 32.7 Å². The Balaban J connectivity index is 1.53. The van der Waals surface area contributed by atoms with Crippen molar-refractivity contribution in [1.82, 2.24) is 10.3 Å². The fraction of sp³-hybridized carbons (Fsp3) is 0.455. The third-order valence-electron chi connectivity index (χ3n) is 5.86. The van der Waals surface area contributed by atoms with Crippen molar-refractivity contribution in [2.24, 2.45) is 0 Å². The Hall–Kier alpha value is -1.66. The lowest BCUT2D eigenvalue weighted by Crippen LogP contribution is -2.50. The lowest BCUT2D eigenvalue weighted by Gasteiger charge is -2.45. The molecule has 2 aromatic rings. The molecule has 2 aliphatic heterocycles. The minimum Gasteiger partial charge on any atom is -0.378 e. The average molecular weight is 435 g/mol. The molecule has 5 nitrogen and oxygen atoms in total. The minimum atomic E-state index is -0.408. The Bertz CT molecular complexity index is 869. The highest BCUT2D eigenvalue weighted by atomic mass is 35.5. The lowest BCUT2D eigenvalue weighted by atomic mass is 9.68. The monoisotopic (exact) mass is 434 g/mol. The van der Waals surface area contributed by atoms with Gasteiger partial charge in [-0.05, 0) is 42.7 Å². The summed E-state index contributed by atoms with van der Waals surface area (Å²) in [5, 5.41) is 4.28. The second kappa shape index (κ2) is 8.60. The van der Waals surface area contributed by atoms with Gasteiger partial charge in [0, 0.05) is 54.9 Å². The van der Waals surface area contributed by atoms with Crippen LogP contribution >= 0.6 is 23.2 Å². The number of pyridine rings is 1.